The molecule has 0 spiro atoms. The maximum absolute atomic E-state index is 13.3. The van der Waals surface area contributed by atoms with Crippen LogP contribution in [0.3, 0.4) is 0 Å². The molecule has 1 atom stereocenters. The highest BCUT2D eigenvalue weighted by atomic mass is 16.2. The summed E-state index contributed by atoms with van der Waals surface area (Å²) in [5.74, 6) is -0.137. The number of rotatable bonds is 6. The minimum absolute atomic E-state index is 0.0344. The Bertz CT molecular complexity index is 1300. The number of pyridine rings is 1. The average Bonchev–Trinajstić information content (AvgIpc) is 3.29. The number of para-hydroxylation sites is 1. The van der Waals surface area contributed by atoms with Gasteiger partial charge in [-0.05, 0) is 36.8 Å². The second-order valence-electron chi connectivity index (χ2n) is 8.05. The summed E-state index contributed by atoms with van der Waals surface area (Å²) in [7, 11) is 0. The first-order valence-corrected chi connectivity index (χ1v) is 10.8. The van der Waals surface area contributed by atoms with Crippen LogP contribution >= 0.6 is 0 Å². The molecule has 0 fully saturated rings. The van der Waals surface area contributed by atoms with Gasteiger partial charge in [0, 0.05) is 46.9 Å². The summed E-state index contributed by atoms with van der Waals surface area (Å²) in [5, 5.41) is 4.00. The minimum atomic E-state index is -0.224. The lowest BCUT2D eigenvalue weighted by atomic mass is 9.95. The van der Waals surface area contributed by atoms with Gasteiger partial charge in [0.2, 0.25) is 5.91 Å². The fourth-order valence-corrected chi connectivity index (χ4v) is 4.56. The summed E-state index contributed by atoms with van der Waals surface area (Å²) < 4.78 is 0. The van der Waals surface area contributed by atoms with Gasteiger partial charge in [-0.25, -0.2) is 0 Å². The molecule has 4 aromatic rings. The molecule has 0 bridgehead atoms. The van der Waals surface area contributed by atoms with Crippen molar-refractivity contribution in [3.8, 4) is 0 Å². The maximum Gasteiger partial charge on any atom is 0.255 e. The lowest BCUT2D eigenvalue weighted by Crippen LogP contribution is -2.34. The summed E-state index contributed by atoms with van der Waals surface area (Å²) in [4.78, 5) is 35.4. The van der Waals surface area contributed by atoms with Crippen molar-refractivity contribution in [3.05, 3.63) is 101 Å². The predicted octanol–water partition coefficient (Wildman–Crippen LogP) is 4.12. The molecule has 1 aliphatic rings. The van der Waals surface area contributed by atoms with Gasteiger partial charge in [-0.2, -0.15) is 0 Å². The Kier molecular flexibility index (Phi) is 5.19. The molecule has 0 radical (unpaired) electrons. The molecular weight excluding hydrogens is 400 g/mol. The van der Waals surface area contributed by atoms with Crippen LogP contribution in [-0.4, -0.2) is 33.2 Å². The summed E-state index contributed by atoms with van der Waals surface area (Å²) in [6.07, 6.45) is 1.93. The highest BCUT2D eigenvalue weighted by Gasteiger charge is 2.39. The lowest BCUT2D eigenvalue weighted by Gasteiger charge is -2.26. The largest absolute Gasteiger partial charge is 0.358 e. The van der Waals surface area contributed by atoms with Crippen molar-refractivity contribution in [2.75, 3.05) is 6.54 Å². The van der Waals surface area contributed by atoms with Crippen molar-refractivity contribution in [2.24, 2.45) is 0 Å². The molecule has 0 saturated carbocycles. The number of amides is 2. The highest BCUT2D eigenvalue weighted by molar-refractivity contribution is 6.01. The maximum atomic E-state index is 13.3. The van der Waals surface area contributed by atoms with E-state index in [1.54, 1.807) is 6.20 Å². The SMILES string of the molecule is Cc1[nH]c2ccccc2c1C1c2ccccc2C(=O)N1CCC(=O)NCc1ccccn1. The molecule has 2 aromatic carbocycles. The van der Waals surface area contributed by atoms with Gasteiger partial charge in [-0.1, -0.05) is 42.5 Å². The minimum Gasteiger partial charge on any atom is -0.358 e. The van der Waals surface area contributed by atoms with E-state index >= 15 is 0 Å². The zero-order chi connectivity index (χ0) is 22.1. The van der Waals surface area contributed by atoms with Crippen LogP contribution < -0.4 is 5.32 Å². The van der Waals surface area contributed by atoms with E-state index in [4.69, 9.17) is 0 Å². The van der Waals surface area contributed by atoms with Crippen molar-refractivity contribution in [3.63, 3.8) is 0 Å². The number of fused-ring (bicyclic) bond motifs is 2. The molecule has 6 nitrogen and oxygen atoms in total. The van der Waals surface area contributed by atoms with E-state index in [9.17, 15) is 9.59 Å². The smallest absolute Gasteiger partial charge is 0.255 e. The first kappa shape index (κ1) is 20.0. The van der Waals surface area contributed by atoms with Crippen molar-refractivity contribution in [1.82, 2.24) is 20.2 Å². The topological polar surface area (TPSA) is 78.1 Å². The third-order valence-corrected chi connectivity index (χ3v) is 6.05. The molecule has 1 unspecified atom stereocenters. The number of hydrogen-bond donors (Lipinski definition) is 2. The fraction of sp³-hybridized carbons (Fsp3) is 0.192. The third-order valence-electron chi connectivity index (χ3n) is 6.05. The van der Waals surface area contributed by atoms with Crippen molar-refractivity contribution >= 4 is 22.7 Å². The van der Waals surface area contributed by atoms with Gasteiger partial charge in [-0.3, -0.25) is 14.6 Å². The van der Waals surface area contributed by atoms with Crippen LogP contribution in [0.25, 0.3) is 10.9 Å². The number of H-pyrrole nitrogens is 1. The molecule has 2 N–H and O–H groups in total. The third kappa shape index (κ3) is 3.54. The fourth-order valence-electron chi connectivity index (χ4n) is 4.56. The molecular formula is C26H24N4O2. The lowest BCUT2D eigenvalue weighted by molar-refractivity contribution is -0.121. The number of hydrogen-bond acceptors (Lipinski definition) is 3. The second kappa shape index (κ2) is 8.30. The summed E-state index contributed by atoms with van der Waals surface area (Å²) in [6.45, 7) is 2.75. The summed E-state index contributed by atoms with van der Waals surface area (Å²) in [6, 6.07) is 21.3. The quantitative estimate of drug-likeness (QED) is 0.489. The molecule has 6 heteroatoms. The number of nitrogens with zero attached hydrogens (tertiary/aromatic N) is 2. The van der Waals surface area contributed by atoms with Crippen LogP contribution in [0, 0.1) is 6.92 Å². The van der Waals surface area contributed by atoms with Crippen LogP contribution in [-0.2, 0) is 11.3 Å². The van der Waals surface area contributed by atoms with Crippen molar-refractivity contribution in [1.29, 1.82) is 0 Å². The van der Waals surface area contributed by atoms with Gasteiger partial charge < -0.3 is 15.2 Å². The number of aromatic amines is 1. The van der Waals surface area contributed by atoms with Crippen molar-refractivity contribution in [2.45, 2.75) is 25.9 Å². The molecule has 3 heterocycles. The molecule has 0 saturated heterocycles. The van der Waals surface area contributed by atoms with Gasteiger partial charge in [0.15, 0.2) is 0 Å². The van der Waals surface area contributed by atoms with Gasteiger partial charge in [0.1, 0.15) is 0 Å². The van der Waals surface area contributed by atoms with E-state index in [0.29, 0.717) is 18.7 Å². The number of nitrogens with one attached hydrogen (secondary N) is 2. The van der Waals surface area contributed by atoms with E-state index < -0.39 is 0 Å². The van der Waals surface area contributed by atoms with E-state index in [-0.39, 0.29) is 24.3 Å². The number of aromatic nitrogens is 2. The van der Waals surface area contributed by atoms with Gasteiger partial charge in [0.05, 0.1) is 18.3 Å². The molecule has 32 heavy (non-hydrogen) atoms. The number of carbonyl (C=O) groups is 2. The Morgan fingerprint density at radius 2 is 1.84 bits per heavy atom. The van der Waals surface area contributed by atoms with Gasteiger partial charge >= 0.3 is 0 Å². The standard InChI is InChI=1S/C26H24N4O2/c1-17-24(21-11-4-5-12-22(21)29-17)25-19-9-2-3-10-20(19)26(32)30(25)15-13-23(31)28-16-18-8-6-7-14-27-18/h2-12,14,25,29H,13,15-16H2,1H3,(H,28,31). The first-order valence-electron chi connectivity index (χ1n) is 10.8. The Labute approximate surface area is 186 Å². The van der Waals surface area contributed by atoms with Crippen LogP contribution in [0.5, 0.6) is 0 Å². The van der Waals surface area contributed by atoms with Gasteiger partial charge in [-0.15, -0.1) is 0 Å². The van der Waals surface area contributed by atoms with E-state index in [2.05, 4.69) is 21.4 Å². The number of carbonyl (C=O) groups excluding carboxylic acids is 2. The second-order valence-corrected chi connectivity index (χ2v) is 8.05. The molecule has 5 rings (SSSR count). The summed E-state index contributed by atoms with van der Waals surface area (Å²) in [5.41, 5.74) is 5.66. The molecule has 2 amide bonds. The van der Waals surface area contributed by atoms with E-state index in [1.165, 1.54) is 0 Å². The Morgan fingerprint density at radius 3 is 2.69 bits per heavy atom. The van der Waals surface area contributed by atoms with Crippen molar-refractivity contribution < 1.29 is 9.59 Å². The highest BCUT2D eigenvalue weighted by Crippen LogP contribution is 2.42. The molecule has 160 valence electrons. The van der Waals surface area contributed by atoms with E-state index in [1.807, 2.05) is 72.5 Å². The molecule has 0 aliphatic carbocycles. The van der Waals surface area contributed by atoms with Crippen LogP contribution in [0.1, 0.15) is 45.3 Å². The summed E-state index contributed by atoms with van der Waals surface area (Å²) >= 11 is 0. The predicted molar refractivity (Wildman–Crippen MR) is 123 cm³/mol. The first-order chi connectivity index (χ1) is 15.6. The van der Waals surface area contributed by atoms with E-state index in [0.717, 1.165) is 33.4 Å². The average molecular weight is 425 g/mol. The van der Waals surface area contributed by atoms with Crippen LogP contribution in [0.4, 0.5) is 0 Å². The molecule has 1 aliphatic heterocycles. The van der Waals surface area contributed by atoms with Crippen LogP contribution in [0.15, 0.2) is 72.9 Å². The number of aryl methyl sites for hydroxylation is 1. The number of benzene rings is 2. The Balaban J connectivity index is 1.41. The molecule has 2 aromatic heterocycles. The zero-order valence-electron chi connectivity index (χ0n) is 17.8. The monoisotopic (exact) mass is 424 g/mol. The normalized spacial score (nSPS) is 15.2. The Hall–Kier alpha value is -3.93. The van der Waals surface area contributed by atoms with Crippen LogP contribution in [0.2, 0.25) is 0 Å². The van der Waals surface area contributed by atoms with Gasteiger partial charge in [0.25, 0.3) is 5.91 Å². The Morgan fingerprint density at radius 1 is 1.06 bits per heavy atom. The zero-order valence-corrected chi connectivity index (χ0v) is 17.8.